The molecule has 28 heavy (non-hydrogen) atoms. The number of aromatic nitrogens is 3. The molecule has 3 rings (SSSR count). The Balaban J connectivity index is 1.95. The molecule has 1 aliphatic heterocycles. The van der Waals surface area contributed by atoms with Crippen LogP contribution in [0.1, 0.15) is 37.0 Å². The predicted octanol–water partition coefficient (Wildman–Crippen LogP) is 0.616. The van der Waals surface area contributed by atoms with E-state index < -0.39 is 0 Å². The zero-order chi connectivity index (χ0) is 20.4. The summed E-state index contributed by atoms with van der Waals surface area (Å²) in [6.45, 7) is 9.93. The highest BCUT2D eigenvalue weighted by atomic mass is 16.5. The second-order valence-electron chi connectivity index (χ2n) is 7.59. The first-order valence-corrected chi connectivity index (χ1v) is 9.53. The maximum absolute atomic E-state index is 12.5. The Morgan fingerprint density at radius 1 is 1.43 bits per heavy atom. The first kappa shape index (κ1) is 20.2. The number of nitrogens with one attached hydrogen (secondary N) is 2. The highest BCUT2D eigenvalue weighted by molar-refractivity contribution is 5.76. The SMILES string of the molecule is Cc1cc(=O)n(CC(=O)NC(C)C)c(C)c1-c1nc(C2CNCCN2C)no1. The molecule has 0 spiro atoms. The third-order valence-corrected chi connectivity index (χ3v) is 4.98. The predicted molar refractivity (Wildman–Crippen MR) is 105 cm³/mol. The van der Waals surface area contributed by atoms with Gasteiger partial charge in [0.15, 0.2) is 5.82 Å². The summed E-state index contributed by atoms with van der Waals surface area (Å²) < 4.78 is 6.99. The number of hydrogen-bond acceptors (Lipinski definition) is 7. The molecule has 9 nitrogen and oxygen atoms in total. The van der Waals surface area contributed by atoms with E-state index in [1.54, 1.807) is 6.92 Å². The van der Waals surface area contributed by atoms with E-state index in [0.717, 1.165) is 25.2 Å². The molecule has 1 aliphatic rings. The Morgan fingerprint density at radius 3 is 2.86 bits per heavy atom. The van der Waals surface area contributed by atoms with Crippen molar-refractivity contribution in [2.24, 2.45) is 0 Å². The summed E-state index contributed by atoms with van der Waals surface area (Å²) in [5.41, 5.74) is 1.85. The maximum atomic E-state index is 12.5. The highest BCUT2D eigenvalue weighted by Gasteiger charge is 2.27. The van der Waals surface area contributed by atoms with Gasteiger partial charge in [-0.3, -0.25) is 14.5 Å². The first-order valence-electron chi connectivity index (χ1n) is 9.53. The summed E-state index contributed by atoms with van der Waals surface area (Å²) in [7, 11) is 2.03. The van der Waals surface area contributed by atoms with Crippen molar-refractivity contribution in [3.05, 3.63) is 33.5 Å². The lowest BCUT2D eigenvalue weighted by Crippen LogP contribution is -2.44. The Morgan fingerprint density at radius 2 is 2.18 bits per heavy atom. The molecule has 3 heterocycles. The third-order valence-electron chi connectivity index (χ3n) is 4.98. The van der Waals surface area contributed by atoms with Gasteiger partial charge in [0.05, 0.1) is 11.6 Å². The summed E-state index contributed by atoms with van der Waals surface area (Å²) in [6, 6.07) is 1.55. The number of nitrogens with zero attached hydrogens (tertiary/aromatic N) is 4. The average Bonchev–Trinajstić information content (AvgIpc) is 3.07. The van der Waals surface area contributed by atoms with Crippen molar-refractivity contribution in [3.63, 3.8) is 0 Å². The fraction of sp³-hybridized carbons (Fsp3) is 0.579. The van der Waals surface area contributed by atoms with Crippen LogP contribution < -0.4 is 16.2 Å². The Kier molecular flexibility index (Phi) is 5.95. The number of rotatable bonds is 5. The second-order valence-corrected chi connectivity index (χ2v) is 7.59. The number of amides is 1. The van der Waals surface area contributed by atoms with Gasteiger partial charge in [-0.15, -0.1) is 0 Å². The summed E-state index contributed by atoms with van der Waals surface area (Å²) in [4.78, 5) is 31.4. The van der Waals surface area contributed by atoms with Gasteiger partial charge in [-0.1, -0.05) is 5.16 Å². The fourth-order valence-corrected chi connectivity index (χ4v) is 3.52. The van der Waals surface area contributed by atoms with Crippen molar-refractivity contribution in [1.82, 2.24) is 30.2 Å². The van der Waals surface area contributed by atoms with Crippen LogP contribution in [0.15, 0.2) is 15.4 Å². The minimum atomic E-state index is -0.228. The van der Waals surface area contributed by atoms with Crippen molar-refractivity contribution in [2.75, 3.05) is 26.7 Å². The van der Waals surface area contributed by atoms with Gasteiger partial charge in [0.25, 0.3) is 11.4 Å². The molecule has 1 unspecified atom stereocenters. The normalized spacial score (nSPS) is 17.9. The van der Waals surface area contributed by atoms with Crippen LogP contribution in [0.4, 0.5) is 0 Å². The lowest BCUT2D eigenvalue weighted by atomic mass is 10.1. The molecular weight excluding hydrogens is 360 g/mol. The van der Waals surface area contributed by atoms with Crippen molar-refractivity contribution in [3.8, 4) is 11.5 Å². The van der Waals surface area contributed by atoms with E-state index in [9.17, 15) is 9.59 Å². The molecule has 0 radical (unpaired) electrons. The smallest absolute Gasteiger partial charge is 0.260 e. The largest absolute Gasteiger partial charge is 0.352 e. The standard InChI is InChI=1S/C19H28N6O3/c1-11(2)21-15(26)10-25-13(4)17(12(3)8-16(25)27)19-22-18(23-28-19)14-9-20-6-7-24(14)5/h8,11,14,20H,6-7,9-10H2,1-5H3,(H,21,26). The van der Waals surface area contributed by atoms with E-state index >= 15 is 0 Å². The zero-order valence-corrected chi connectivity index (χ0v) is 17.1. The average molecular weight is 388 g/mol. The molecule has 2 aromatic rings. The third kappa shape index (κ3) is 4.15. The van der Waals surface area contributed by atoms with E-state index in [2.05, 4.69) is 25.7 Å². The molecule has 0 bridgehead atoms. The molecule has 9 heteroatoms. The molecule has 152 valence electrons. The van der Waals surface area contributed by atoms with Crippen LogP contribution in [0.2, 0.25) is 0 Å². The monoisotopic (exact) mass is 388 g/mol. The number of likely N-dealkylation sites (N-methyl/N-ethyl adjacent to an activating group) is 1. The fourth-order valence-electron chi connectivity index (χ4n) is 3.52. The molecule has 0 aromatic carbocycles. The molecule has 0 saturated carbocycles. The lowest BCUT2D eigenvalue weighted by molar-refractivity contribution is -0.122. The summed E-state index contributed by atoms with van der Waals surface area (Å²) in [5, 5.41) is 10.3. The minimum Gasteiger partial charge on any atom is -0.352 e. The Hall–Kier alpha value is -2.52. The van der Waals surface area contributed by atoms with Gasteiger partial charge in [-0.2, -0.15) is 4.98 Å². The molecular formula is C19H28N6O3. The van der Waals surface area contributed by atoms with E-state index in [1.807, 2.05) is 27.8 Å². The van der Waals surface area contributed by atoms with Gasteiger partial charge in [-0.05, 0) is 40.3 Å². The second kappa shape index (κ2) is 8.24. The van der Waals surface area contributed by atoms with E-state index in [1.165, 1.54) is 10.6 Å². The van der Waals surface area contributed by atoms with Crippen LogP contribution in [-0.4, -0.2) is 58.2 Å². The number of piperazine rings is 1. The molecule has 2 aromatic heterocycles. The van der Waals surface area contributed by atoms with Crippen LogP contribution in [0.5, 0.6) is 0 Å². The zero-order valence-electron chi connectivity index (χ0n) is 17.1. The molecule has 1 amide bonds. The minimum absolute atomic E-state index is 0.00742. The number of carbonyl (C=O) groups is 1. The maximum Gasteiger partial charge on any atom is 0.260 e. The highest BCUT2D eigenvalue weighted by Crippen LogP contribution is 2.27. The van der Waals surface area contributed by atoms with Crippen LogP contribution in [0.25, 0.3) is 11.5 Å². The molecule has 1 fully saturated rings. The number of hydrogen-bond donors (Lipinski definition) is 2. The molecule has 1 atom stereocenters. The van der Waals surface area contributed by atoms with Gasteiger partial charge in [0.2, 0.25) is 5.91 Å². The van der Waals surface area contributed by atoms with E-state index in [4.69, 9.17) is 4.52 Å². The molecule has 1 saturated heterocycles. The van der Waals surface area contributed by atoms with Crippen LogP contribution in [0.3, 0.4) is 0 Å². The quantitative estimate of drug-likeness (QED) is 0.773. The van der Waals surface area contributed by atoms with E-state index in [-0.39, 0.29) is 30.1 Å². The van der Waals surface area contributed by atoms with Crippen LogP contribution in [-0.2, 0) is 11.3 Å². The number of aryl methyl sites for hydroxylation is 1. The molecule has 0 aliphatic carbocycles. The van der Waals surface area contributed by atoms with Crippen molar-refractivity contribution >= 4 is 5.91 Å². The van der Waals surface area contributed by atoms with Gasteiger partial charge >= 0.3 is 0 Å². The van der Waals surface area contributed by atoms with Gasteiger partial charge in [0.1, 0.15) is 6.54 Å². The molecule has 2 N–H and O–H groups in total. The van der Waals surface area contributed by atoms with Crippen LogP contribution in [0, 0.1) is 13.8 Å². The summed E-state index contributed by atoms with van der Waals surface area (Å²) in [5.74, 6) is 0.761. The Labute approximate surface area is 164 Å². The van der Waals surface area contributed by atoms with Gasteiger partial charge < -0.3 is 19.7 Å². The topological polar surface area (TPSA) is 105 Å². The van der Waals surface area contributed by atoms with Crippen LogP contribution >= 0.6 is 0 Å². The Bertz CT molecular complexity index is 917. The lowest BCUT2D eigenvalue weighted by Gasteiger charge is -2.30. The summed E-state index contributed by atoms with van der Waals surface area (Å²) in [6.07, 6.45) is 0. The summed E-state index contributed by atoms with van der Waals surface area (Å²) >= 11 is 0. The number of carbonyl (C=O) groups excluding carboxylic acids is 1. The van der Waals surface area contributed by atoms with Gasteiger partial charge in [-0.25, -0.2) is 0 Å². The van der Waals surface area contributed by atoms with Gasteiger partial charge in [0, 0.05) is 37.4 Å². The first-order chi connectivity index (χ1) is 13.3. The van der Waals surface area contributed by atoms with Crippen molar-refractivity contribution < 1.29 is 9.32 Å². The van der Waals surface area contributed by atoms with Crippen molar-refractivity contribution in [1.29, 1.82) is 0 Å². The van der Waals surface area contributed by atoms with Crippen molar-refractivity contribution in [2.45, 2.75) is 46.3 Å². The number of pyridine rings is 1. The van der Waals surface area contributed by atoms with E-state index in [0.29, 0.717) is 23.0 Å².